The highest BCUT2D eigenvalue weighted by molar-refractivity contribution is 6.11. The summed E-state index contributed by atoms with van der Waals surface area (Å²) in [6.07, 6.45) is 0. The van der Waals surface area contributed by atoms with Crippen molar-refractivity contribution < 1.29 is 0 Å². The second kappa shape index (κ2) is 14.8. The van der Waals surface area contributed by atoms with E-state index >= 15 is 0 Å². The van der Waals surface area contributed by atoms with E-state index in [0.29, 0.717) is 5.82 Å². The van der Waals surface area contributed by atoms with Crippen molar-refractivity contribution in [1.29, 1.82) is 0 Å². The highest BCUT2D eigenvalue weighted by Crippen LogP contribution is 2.41. The SMILES string of the molecule is Cc1cc(-c2ccc(-c3cc(-c4ccccc4)nc(-c4ccccc4)n3)cc2)cc(C)c1-n1c2ccccc2c2cc(N(c3ccccc3)c3ccccc3)ccc21. The van der Waals surface area contributed by atoms with E-state index in [1.165, 1.54) is 44.2 Å². The highest BCUT2D eigenvalue weighted by atomic mass is 15.1. The molecule has 0 radical (unpaired) electrons. The predicted molar refractivity (Wildman–Crippen MR) is 242 cm³/mol. The molecule has 4 nitrogen and oxygen atoms in total. The molecule has 0 spiro atoms. The number of hydrogen-bond acceptors (Lipinski definition) is 3. The fourth-order valence-corrected chi connectivity index (χ4v) is 8.32. The Morgan fingerprint density at radius 2 is 0.845 bits per heavy atom. The summed E-state index contributed by atoms with van der Waals surface area (Å²) in [6, 6.07) is 72.9. The molecule has 276 valence electrons. The van der Waals surface area contributed by atoms with Crippen LogP contribution in [0.5, 0.6) is 0 Å². The third kappa shape index (κ3) is 6.41. The quantitative estimate of drug-likeness (QED) is 0.155. The third-order valence-electron chi connectivity index (χ3n) is 11.0. The van der Waals surface area contributed by atoms with E-state index < -0.39 is 0 Å². The van der Waals surface area contributed by atoms with Crippen molar-refractivity contribution in [2.45, 2.75) is 13.8 Å². The van der Waals surface area contributed by atoms with Crippen molar-refractivity contribution in [2.24, 2.45) is 0 Å². The molecule has 2 aromatic heterocycles. The zero-order valence-corrected chi connectivity index (χ0v) is 32.4. The molecule has 2 heterocycles. The van der Waals surface area contributed by atoms with Gasteiger partial charge in [0.1, 0.15) is 0 Å². The number of benzene rings is 8. The lowest BCUT2D eigenvalue weighted by Crippen LogP contribution is -2.09. The Hall–Kier alpha value is -7.56. The van der Waals surface area contributed by atoms with Crippen molar-refractivity contribution >= 4 is 38.9 Å². The van der Waals surface area contributed by atoms with Gasteiger partial charge in [-0.3, -0.25) is 0 Å². The lowest BCUT2D eigenvalue weighted by molar-refractivity contribution is 1.12. The average Bonchev–Trinajstić information content (AvgIpc) is 3.60. The van der Waals surface area contributed by atoms with Crippen LogP contribution in [0.4, 0.5) is 17.1 Å². The molecule has 0 aliphatic carbocycles. The van der Waals surface area contributed by atoms with Gasteiger partial charge in [-0.2, -0.15) is 0 Å². The normalized spacial score (nSPS) is 11.3. The summed E-state index contributed by atoms with van der Waals surface area (Å²) in [5.74, 6) is 0.717. The standard InChI is InChI=1S/C54H40N4/c1-37-33-43(39-27-29-41(30-28-39)50-36-49(40-17-7-3-8-18-40)55-54(56-50)42-19-9-4-10-20-42)34-38(2)53(37)58-51-26-16-15-25-47(51)48-35-46(31-32-52(48)58)57(44-21-11-5-12-22-44)45-23-13-6-14-24-45/h3-36H,1-2H3. The lowest BCUT2D eigenvalue weighted by Gasteiger charge is -2.25. The second-order valence-corrected chi connectivity index (χ2v) is 14.8. The van der Waals surface area contributed by atoms with Crippen molar-refractivity contribution in [3.05, 3.63) is 217 Å². The Bertz CT molecular complexity index is 2920. The number of aromatic nitrogens is 3. The van der Waals surface area contributed by atoms with Gasteiger partial charge in [0.05, 0.1) is 28.1 Å². The number of nitrogens with zero attached hydrogens (tertiary/aromatic N) is 4. The number of fused-ring (bicyclic) bond motifs is 3. The van der Waals surface area contributed by atoms with Gasteiger partial charge >= 0.3 is 0 Å². The molecule has 0 N–H and O–H groups in total. The van der Waals surface area contributed by atoms with Gasteiger partial charge in [-0.05, 0) is 103 Å². The molecule has 10 rings (SSSR count). The largest absolute Gasteiger partial charge is 0.310 e. The van der Waals surface area contributed by atoms with Crippen LogP contribution < -0.4 is 4.90 Å². The average molecular weight is 745 g/mol. The molecule has 10 aromatic rings. The smallest absolute Gasteiger partial charge is 0.160 e. The number of para-hydroxylation sites is 3. The van der Waals surface area contributed by atoms with Crippen LogP contribution in [-0.4, -0.2) is 14.5 Å². The topological polar surface area (TPSA) is 34.0 Å². The van der Waals surface area contributed by atoms with E-state index in [0.717, 1.165) is 50.7 Å². The van der Waals surface area contributed by atoms with E-state index in [1.807, 2.05) is 36.4 Å². The summed E-state index contributed by atoms with van der Waals surface area (Å²) in [4.78, 5) is 12.4. The minimum atomic E-state index is 0.717. The molecule has 0 amide bonds. The maximum atomic E-state index is 5.05. The van der Waals surface area contributed by atoms with Crippen molar-refractivity contribution in [1.82, 2.24) is 14.5 Å². The van der Waals surface area contributed by atoms with Crippen LogP contribution in [0.2, 0.25) is 0 Å². The van der Waals surface area contributed by atoms with E-state index in [1.54, 1.807) is 0 Å². The minimum Gasteiger partial charge on any atom is -0.310 e. The van der Waals surface area contributed by atoms with Gasteiger partial charge in [0, 0.05) is 44.5 Å². The second-order valence-electron chi connectivity index (χ2n) is 14.8. The summed E-state index contributed by atoms with van der Waals surface area (Å²) in [5, 5.41) is 2.45. The van der Waals surface area contributed by atoms with E-state index in [4.69, 9.17) is 9.97 Å². The maximum absolute atomic E-state index is 5.05. The van der Waals surface area contributed by atoms with Crippen LogP contribution in [-0.2, 0) is 0 Å². The van der Waals surface area contributed by atoms with Crippen molar-refractivity contribution in [2.75, 3.05) is 4.90 Å². The zero-order valence-electron chi connectivity index (χ0n) is 32.4. The lowest BCUT2D eigenvalue weighted by atomic mass is 9.97. The molecular formula is C54H40N4. The van der Waals surface area contributed by atoms with Gasteiger partial charge in [-0.15, -0.1) is 0 Å². The predicted octanol–water partition coefficient (Wildman–Crippen LogP) is 14.3. The number of aryl methyl sites for hydroxylation is 2. The number of anilines is 3. The van der Waals surface area contributed by atoms with Crippen LogP contribution in [0, 0.1) is 13.8 Å². The third-order valence-corrected chi connectivity index (χ3v) is 11.0. The summed E-state index contributed by atoms with van der Waals surface area (Å²) >= 11 is 0. The monoisotopic (exact) mass is 744 g/mol. The summed E-state index contributed by atoms with van der Waals surface area (Å²) < 4.78 is 2.45. The van der Waals surface area contributed by atoms with E-state index in [-0.39, 0.29) is 0 Å². The van der Waals surface area contributed by atoms with Crippen LogP contribution in [0.3, 0.4) is 0 Å². The Labute approximate surface area is 339 Å². The summed E-state index contributed by atoms with van der Waals surface area (Å²) in [7, 11) is 0. The first-order valence-corrected chi connectivity index (χ1v) is 19.7. The first kappa shape index (κ1) is 34.9. The molecule has 0 bridgehead atoms. The van der Waals surface area contributed by atoms with Crippen LogP contribution >= 0.6 is 0 Å². The Morgan fingerprint density at radius 3 is 1.45 bits per heavy atom. The fraction of sp³-hybridized carbons (Fsp3) is 0.0370. The molecule has 4 heteroatoms. The first-order chi connectivity index (χ1) is 28.6. The molecular weight excluding hydrogens is 705 g/mol. The molecule has 0 aliphatic heterocycles. The van der Waals surface area contributed by atoms with Gasteiger partial charge in [0.2, 0.25) is 0 Å². The molecule has 58 heavy (non-hydrogen) atoms. The van der Waals surface area contributed by atoms with Gasteiger partial charge in [0.25, 0.3) is 0 Å². The van der Waals surface area contributed by atoms with Gasteiger partial charge in [-0.1, -0.05) is 140 Å². The van der Waals surface area contributed by atoms with Gasteiger partial charge < -0.3 is 9.47 Å². The Morgan fingerprint density at radius 1 is 0.362 bits per heavy atom. The summed E-state index contributed by atoms with van der Waals surface area (Å²) in [6.45, 7) is 4.47. The van der Waals surface area contributed by atoms with E-state index in [2.05, 4.69) is 193 Å². The highest BCUT2D eigenvalue weighted by Gasteiger charge is 2.20. The van der Waals surface area contributed by atoms with Crippen molar-refractivity contribution in [3.63, 3.8) is 0 Å². The number of hydrogen-bond donors (Lipinski definition) is 0. The maximum Gasteiger partial charge on any atom is 0.160 e. The van der Waals surface area contributed by atoms with Crippen LogP contribution in [0.1, 0.15) is 11.1 Å². The zero-order chi connectivity index (χ0) is 39.0. The Kier molecular flexibility index (Phi) is 8.92. The molecule has 8 aromatic carbocycles. The van der Waals surface area contributed by atoms with Crippen LogP contribution in [0.25, 0.3) is 72.5 Å². The van der Waals surface area contributed by atoms with Gasteiger partial charge in [0.15, 0.2) is 5.82 Å². The fourth-order valence-electron chi connectivity index (χ4n) is 8.32. The van der Waals surface area contributed by atoms with Crippen LogP contribution in [0.15, 0.2) is 206 Å². The Balaban J connectivity index is 1.03. The molecule has 0 saturated carbocycles. The number of rotatable bonds is 8. The molecule has 0 atom stereocenters. The first-order valence-electron chi connectivity index (χ1n) is 19.7. The molecule has 0 fully saturated rings. The molecule has 0 unspecified atom stereocenters. The van der Waals surface area contributed by atoms with E-state index in [9.17, 15) is 0 Å². The van der Waals surface area contributed by atoms with Crippen molar-refractivity contribution in [3.8, 4) is 50.7 Å². The molecule has 0 aliphatic rings. The summed E-state index contributed by atoms with van der Waals surface area (Å²) in [5.41, 5.74) is 16.7. The van der Waals surface area contributed by atoms with Gasteiger partial charge in [-0.25, -0.2) is 9.97 Å². The minimum absolute atomic E-state index is 0.717. The molecule has 0 saturated heterocycles.